The second-order valence-electron chi connectivity index (χ2n) is 9.64. The van der Waals surface area contributed by atoms with Gasteiger partial charge in [-0.15, -0.1) is 0 Å². The first-order valence-corrected chi connectivity index (χ1v) is 12.5. The zero-order valence-corrected chi connectivity index (χ0v) is 21.0. The van der Waals surface area contributed by atoms with Gasteiger partial charge in [0, 0.05) is 53.2 Å². The molecule has 0 atom stereocenters. The van der Waals surface area contributed by atoms with E-state index in [1.165, 1.54) is 30.3 Å². The highest BCUT2D eigenvalue weighted by Crippen LogP contribution is 2.47. The van der Waals surface area contributed by atoms with Gasteiger partial charge in [0.1, 0.15) is 6.54 Å². The number of alkyl halides is 3. The number of amidine groups is 1. The largest absolute Gasteiger partial charge is 0.406 e. The molecule has 36 heavy (non-hydrogen) atoms. The average Bonchev–Trinajstić information content (AvgIpc) is 3.27. The van der Waals surface area contributed by atoms with Crippen LogP contribution in [0.2, 0.25) is 0 Å². The Morgan fingerprint density at radius 3 is 2.67 bits per heavy atom. The Labute approximate surface area is 210 Å². The van der Waals surface area contributed by atoms with Gasteiger partial charge < -0.3 is 14.5 Å². The summed E-state index contributed by atoms with van der Waals surface area (Å²) in [5, 5.41) is 4.10. The summed E-state index contributed by atoms with van der Waals surface area (Å²) in [6.07, 6.45) is 5.44. The van der Waals surface area contributed by atoms with E-state index < -0.39 is 12.7 Å². The average molecular weight is 498 g/mol. The molecule has 3 aromatic rings. The Hall–Kier alpha value is -3.29. The summed E-state index contributed by atoms with van der Waals surface area (Å²) in [5.74, 6) is 0.219. The first kappa shape index (κ1) is 25.8. The monoisotopic (exact) mass is 497 g/mol. The van der Waals surface area contributed by atoms with Gasteiger partial charge in [-0.3, -0.25) is 4.99 Å². The lowest BCUT2D eigenvalue weighted by Gasteiger charge is -2.16. The molecule has 0 aliphatic heterocycles. The van der Waals surface area contributed by atoms with Crippen LogP contribution in [0.1, 0.15) is 55.8 Å². The number of aromatic nitrogens is 2. The normalized spacial score (nSPS) is 15.3. The van der Waals surface area contributed by atoms with Crippen molar-refractivity contribution in [2.24, 2.45) is 9.98 Å². The van der Waals surface area contributed by atoms with Crippen molar-refractivity contribution < 1.29 is 13.2 Å². The summed E-state index contributed by atoms with van der Waals surface area (Å²) in [6.45, 7) is 11.8. The second-order valence-corrected chi connectivity index (χ2v) is 9.64. The van der Waals surface area contributed by atoms with Crippen LogP contribution in [0, 0.1) is 6.92 Å². The van der Waals surface area contributed by atoms with Crippen LogP contribution in [-0.2, 0) is 12.1 Å². The standard InChI is InChI=1S/C28H34F3N5/c1-5-11-27(12-13-27)35-16-10-22(18-35)21(3)33-14-7-15-34-26(32-4)25-17-23-20(2)8-6-9-24(23)36(25)19-28(29,30)31/h6,8-10,16-18,33H,3-5,7,11-15,19H2,1-2H3. The smallest absolute Gasteiger partial charge is 0.385 e. The van der Waals surface area contributed by atoms with Crippen molar-refractivity contribution in [3.8, 4) is 0 Å². The fourth-order valence-electron chi connectivity index (χ4n) is 4.90. The molecule has 2 aromatic heterocycles. The first-order valence-electron chi connectivity index (χ1n) is 12.5. The highest BCUT2D eigenvalue weighted by Gasteiger charge is 2.43. The van der Waals surface area contributed by atoms with Crippen LogP contribution in [0.15, 0.2) is 59.3 Å². The molecule has 2 heterocycles. The first-order chi connectivity index (χ1) is 17.2. The van der Waals surface area contributed by atoms with Crippen LogP contribution in [0.4, 0.5) is 13.2 Å². The minimum atomic E-state index is -4.37. The molecule has 192 valence electrons. The predicted molar refractivity (Wildman–Crippen MR) is 142 cm³/mol. The van der Waals surface area contributed by atoms with Gasteiger partial charge in [-0.25, -0.2) is 4.99 Å². The summed E-state index contributed by atoms with van der Waals surface area (Å²) < 4.78 is 43.6. The summed E-state index contributed by atoms with van der Waals surface area (Å²) in [6, 6.07) is 9.13. The van der Waals surface area contributed by atoms with Crippen molar-refractivity contribution in [2.75, 3.05) is 13.1 Å². The molecule has 1 fully saturated rings. The second kappa shape index (κ2) is 10.4. The van der Waals surface area contributed by atoms with Gasteiger partial charge in [0.05, 0.1) is 5.69 Å². The number of aryl methyl sites for hydroxylation is 1. The molecule has 1 saturated carbocycles. The molecule has 5 nitrogen and oxygen atoms in total. The summed E-state index contributed by atoms with van der Waals surface area (Å²) in [7, 11) is 0. The molecule has 1 aliphatic carbocycles. The molecule has 1 aromatic carbocycles. The molecule has 0 bridgehead atoms. The van der Waals surface area contributed by atoms with E-state index in [2.05, 4.69) is 58.5 Å². The van der Waals surface area contributed by atoms with E-state index in [0.29, 0.717) is 36.3 Å². The molecule has 1 N–H and O–H groups in total. The molecular weight excluding hydrogens is 463 g/mol. The van der Waals surface area contributed by atoms with E-state index in [1.54, 1.807) is 18.2 Å². The van der Waals surface area contributed by atoms with Crippen molar-refractivity contribution >= 4 is 29.2 Å². The van der Waals surface area contributed by atoms with Crippen molar-refractivity contribution in [1.82, 2.24) is 14.5 Å². The minimum Gasteiger partial charge on any atom is -0.385 e. The van der Waals surface area contributed by atoms with Crippen LogP contribution < -0.4 is 5.32 Å². The Bertz CT molecular complexity index is 1270. The van der Waals surface area contributed by atoms with Crippen LogP contribution in [0.3, 0.4) is 0 Å². The topological polar surface area (TPSA) is 46.6 Å². The molecular formula is C28H34F3N5. The number of hydrogen-bond acceptors (Lipinski definition) is 2. The summed E-state index contributed by atoms with van der Waals surface area (Å²) in [4.78, 5) is 8.46. The Morgan fingerprint density at radius 2 is 2.00 bits per heavy atom. The molecule has 0 saturated heterocycles. The van der Waals surface area contributed by atoms with Gasteiger partial charge in [-0.2, -0.15) is 13.2 Å². The maximum atomic E-state index is 13.3. The number of halogens is 3. The maximum Gasteiger partial charge on any atom is 0.406 e. The van der Waals surface area contributed by atoms with Crippen LogP contribution in [0.25, 0.3) is 16.6 Å². The quantitative estimate of drug-likeness (QED) is 0.179. The number of rotatable bonds is 11. The van der Waals surface area contributed by atoms with Gasteiger partial charge in [0.25, 0.3) is 0 Å². The van der Waals surface area contributed by atoms with E-state index in [1.807, 2.05) is 13.0 Å². The summed E-state index contributed by atoms with van der Waals surface area (Å²) in [5.41, 5.74) is 3.96. The van der Waals surface area contributed by atoms with Crippen molar-refractivity contribution in [1.29, 1.82) is 0 Å². The third kappa shape index (κ3) is 5.58. The van der Waals surface area contributed by atoms with E-state index in [9.17, 15) is 13.2 Å². The molecule has 1 aliphatic rings. The fourth-order valence-corrected chi connectivity index (χ4v) is 4.90. The number of nitrogens with one attached hydrogen (secondary N) is 1. The third-order valence-corrected chi connectivity index (χ3v) is 6.95. The van der Waals surface area contributed by atoms with Crippen LogP contribution >= 0.6 is 0 Å². The zero-order chi connectivity index (χ0) is 25.9. The van der Waals surface area contributed by atoms with Gasteiger partial charge >= 0.3 is 6.18 Å². The number of nitrogens with zero attached hydrogens (tertiary/aromatic N) is 4. The lowest BCUT2D eigenvalue weighted by atomic mass is 10.1. The fraction of sp³-hybridized carbons (Fsp3) is 0.429. The number of aliphatic imine (C=N–C) groups is 2. The zero-order valence-electron chi connectivity index (χ0n) is 21.0. The highest BCUT2D eigenvalue weighted by atomic mass is 19.4. The van der Waals surface area contributed by atoms with E-state index in [-0.39, 0.29) is 5.84 Å². The van der Waals surface area contributed by atoms with E-state index in [4.69, 9.17) is 0 Å². The maximum absolute atomic E-state index is 13.3. The minimum absolute atomic E-state index is 0.219. The van der Waals surface area contributed by atoms with Gasteiger partial charge in [0.15, 0.2) is 5.84 Å². The Kier molecular flexibility index (Phi) is 7.43. The Morgan fingerprint density at radius 1 is 1.22 bits per heavy atom. The van der Waals surface area contributed by atoms with Gasteiger partial charge in [0.2, 0.25) is 0 Å². The van der Waals surface area contributed by atoms with Crippen LogP contribution in [0.5, 0.6) is 0 Å². The van der Waals surface area contributed by atoms with E-state index in [0.717, 1.165) is 22.2 Å². The van der Waals surface area contributed by atoms with Crippen molar-refractivity contribution in [3.05, 3.63) is 66.1 Å². The van der Waals surface area contributed by atoms with Crippen molar-refractivity contribution in [3.63, 3.8) is 0 Å². The highest BCUT2D eigenvalue weighted by molar-refractivity contribution is 6.04. The Balaban J connectivity index is 1.39. The molecule has 0 spiro atoms. The molecule has 0 unspecified atom stereocenters. The lowest BCUT2D eigenvalue weighted by Crippen LogP contribution is -2.21. The molecule has 0 amide bonds. The number of benzene rings is 1. The number of fused-ring (bicyclic) bond motifs is 1. The van der Waals surface area contributed by atoms with Gasteiger partial charge in [-0.1, -0.05) is 32.1 Å². The molecule has 4 rings (SSSR count). The third-order valence-electron chi connectivity index (χ3n) is 6.95. The van der Waals surface area contributed by atoms with Crippen LogP contribution in [-0.4, -0.2) is 41.0 Å². The summed E-state index contributed by atoms with van der Waals surface area (Å²) >= 11 is 0. The SMILES string of the molecule is C=NC(=NCCCNC(=C)c1ccn(C2(CCC)CC2)c1)c1cc2c(C)cccc2n1CC(F)(F)F. The van der Waals surface area contributed by atoms with Crippen molar-refractivity contribution in [2.45, 2.75) is 64.2 Å². The van der Waals surface area contributed by atoms with E-state index >= 15 is 0 Å². The number of hydrogen-bond donors (Lipinski definition) is 1. The lowest BCUT2D eigenvalue weighted by molar-refractivity contribution is -0.139. The van der Waals surface area contributed by atoms with Gasteiger partial charge in [-0.05, 0) is 63.1 Å². The predicted octanol–water partition coefficient (Wildman–Crippen LogP) is 6.70. The molecule has 8 heteroatoms. The molecule has 0 radical (unpaired) electrons.